The van der Waals surface area contributed by atoms with Crippen molar-refractivity contribution >= 4 is 56.2 Å². The highest BCUT2D eigenvalue weighted by Crippen LogP contribution is 2.35. The SMILES string of the molecule is Clc1cc(Cl)c2cc(Cl)sc2c1. The van der Waals surface area contributed by atoms with E-state index in [1.165, 1.54) is 11.3 Å². The van der Waals surface area contributed by atoms with Crippen LogP contribution in [0.3, 0.4) is 0 Å². The number of fused-ring (bicyclic) bond motifs is 1. The molecule has 0 nitrogen and oxygen atoms in total. The van der Waals surface area contributed by atoms with Gasteiger partial charge in [-0.2, -0.15) is 0 Å². The first-order valence-corrected chi connectivity index (χ1v) is 5.16. The van der Waals surface area contributed by atoms with Crippen molar-refractivity contribution in [1.29, 1.82) is 0 Å². The average Bonchev–Trinajstić information content (AvgIpc) is 2.29. The Morgan fingerprint density at radius 3 is 2.50 bits per heavy atom. The Bertz CT molecular complexity index is 433. The lowest BCUT2D eigenvalue weighted by Crippen LogP contribution is -1.66. The molecular formula is C8H3Cl3S. The van der Waals surface area contributed by atoms with Crippen LogP contribution in [0, 0.1) is 0 Å². The second-order valence-corrected chi connectivity index (χ2v) is 4.91. The van der Waals surface area contributed by atoms with Gasteiger partial charge in [-0.05, 0) is 18.2 Å². The number of hydrogen-bond acceptors (Lipinski definition) is 1. The normalized spacial score (nSPS) is 10.9. The molecule has 0 saturated heterocycles. The summed E-state index contributed by atoms with van der Waals surface area (Å²) in [5.41, 5.74) is 0. The van der Waals surface area contributed by atoms with Crippen LogP contribution in [0.1, 0.15) is 0 Å². The van der Waals surface area contributed by atoms with Crippen molar-refractivity contribution < 1.29 is 0 Å². The van der Waals surface area contributed by atoms with Crippen LogP contribution in [0.25, 0.3) is 10.1 Å². The third kappa shape index (κ3) is 1.42. The molecule has 0 unspecified atom stereocenters. The standard InChI is InChI=1S/C8H3Cl3S/c9-4-1-6(10)5-3-8(11)12-7(5)2-4/h1-3H. The summed E-state index contributed by atoms with van der Waals surface area (Å²) in [6.07, 6.45) is 0. The molecule has 0 aliphatic rings. The number of hydrogen-bond donors (Lipinski definition) is 0. The minimum absolute atomic E-state index is 0.644. The maximum atomic E-state index is 5.94. The van der Waals surface area contributed by atoms with E-state index in [-0.39, 0.29) is 0 Å². The van der Waals surface area contributed by atoms with Gasteiger partial charge in [-0.25, -0.2) is 0 Å². The van der Waals surface area contributed by atoms with Crippen LogP contribution in [0.5, 0.6) is 0 Å². The molecule has 0 aliphatic carbocycles. The van der Waals surface area contributed by atoms with Crippen LogP contribution in [-0.4, -0.2) is 0 Å². The van der Waals surface area contributed by atoms with Crippen molar-refractivity contribution in [2.45, 2.75) is 0 Å². The lowest BCUT2D eigenvalue weighted by atomic mass is 10.3. The second-order valence-electron chi connectivity index (χ2n) is 2.35. The highest BCUT2D eigenvalue weighted by Gasteiger charge is 2.04. The van der Waals surface area contributed by atoms with Crippen LogP contribution in [0.4, 0.5) is 0 Å². The van der Waals surface area contributed by atoms with Gasteiger partial charge in [0.05, 0.1) is 9.36 Å². The molecule has 1 heterocycles. The lowest BCUT2D eigenvalue weighted by Gasteiger charge is -1.93. The molecule has 12 heavy (non-hydrogen) atoms. The minimum Gasteiger partial charge on any atom is -0.123 e. The maximum absolute atomic E-state index is 5.94. The zero-order chi connectivity index (χ0) is 8.72. The highest BCUT2D eigenvalue weighted by atomic mass is 35.5. The van der Waals surface area contributed by atoms with Crippen LogP contribution < -0.4 is 0 Å². The predicted molar refractivity (Wildman–Crippen MR) is 56.9 cm³/mol. The van der Waals surface area contributed by atoms with Crippen molar-refractivity contribution in [2.75, 3.05) is 0 Å². The Morgan fingerprint density at radius 2 is 1.75 bits per heavy atom. The van der Waals surface area contributed by atoms with Gasteiger partial charge in [0, 0.05) is 15.1 Å². The average molecular weight is 238 g/mol. The number of rotatable bonds is 0. The largest absolute Gasteiger partial charge is 0.123 e. The van der Waals surface area contributed by atoms with Gasteiger partial charge in [-0.1, -0.05) is 34.8 Å². The first kappa shape index (κ1) is 8.64. The zero-order valence-corrected chi connectivity index (χ0v) is 8.86. The van der Waals surface area contributed by atoms with Crippen molar-refractivity contribution in [3.8, 4) is 0 Å². The Balaban J connectivity index is 2.88. The molecule has 0 saturated carbocycles. The summed E-state index contributed by atoms with van der Waals surface area (Å²) in [5, 5.41) is 2.27. The molecule has 2 aromatic rings. The number of benzene rings is 1. The van der Waals surface area contributed by atoms with Crippen molar-refractivity contribution in [3.05, 3.63) is 32.6 Å². The third-order valence-corrected chi connectivity index (χ3v) is 3.26. The van der Waals surface area contributed by atoms with E-state index in [9.17, 15) is 0 Å². The van der Waals surface area contributed by atoms with E-state index in [0.29, 0.717) is 10.0 Å². The molecule has 1 aromatic carbocycles. The first-order valence-electron chi connectivity index (χ1n) is 3.21. The van der Waals surface area contributed by atoms with Gasteiger partial charge in [0.1, 0.15) is 0 Å². The van der Waals surface area contributed by atoms with Gasteiger partial charge >= 0.3 is 0 Å². The van der Waals surface area contributed by atoms with Crippen LogP contribution >= 0.6 is 46.1 Å². The summed E-state index contributed by atoms with van der Waals surface area (Å²) >= 11 is 19.1. The Hall–Kier alpha value is 0.0500. The molecule has 0 bridgehead atoms. The van der Waals surface area contributed by atoms with Gasteiger partial charge in [0.15, 0.2) is 0 Å². The van der Waals surface area contributed by atoms with E-state index in [0.717, 1.165) is 14.4 Å². The third-order valence-electron chi connectivity index (χ3n) is 1.52. The zero-order valence-electron chi connectivity index (χ0n) is 5.77. The topological polar surface area (TPSA) is 0 Å². The van der Waals surface area contributed by atoms with Gasteiger partial charge in [-0.15, -0.1) is 11.3 Å². The molecule has 0 atom stereocenters. The fraction of sp³-hybridized carbons (Fsp3) is 0. The quantitative estimate of drug-likeness (QED) is 0.614. The molecule has 0 aliphatic heterocycles. The number of thiophene rings is 1. The van der Waals surface area contributed by atoms with Gasteiger partial charge < -0.3 is 0 Å². The minimum atomic E-state index is 0.644. The molecule has 2 rings (SSSR count). The van der Waals surface area contributed by atoms with E-state index in [2.05, 4.69) is 0 Å². The van der Waals surface area contributed by atoms with Crippen LogP contribution in [0.15, 0.2) is 18.2 Å². The fourth-order valence-electron chi connectivity index (χ4n) is 1.03. The predicted octanol–water partition coefficient (Wildman–Crippen LogP) is 4.86. The highest BCUT2D eigenvalue weighted by molar-refractivity contribution is 7.22. The molecule has 4 heteroatoms. The van der Waals surface area contributed by atoms with Gasteiger partial charge in [-0.3, -0.25) is 0 Å². The van der Waals surface area contributed by atoms with Crippen LogP contribution in [-0.2, 0) is 0 Å². The summed E-state index contributed by atoms with van der Waals surface area (Å²) in [6, 6.07) is 5.42. The van der Waals surface area contributed by atoms with Crippen molar-refractivity contribution in [1.82, 2.24) is 0 Å². The van der Waals surface area contributed by atoms with E-state index in [1.807, 2.05) is 12.1 Å². The van der Waals surface area contributed by atoms with E-state index in [1.54, 1.807) is 6.07 Å². The molecule has 0 N–H and O–H groups in total. The van der Waals surface area contributed by atoms with Crippen molar-refractivity contribution in [2.24, 2.45) is 0 Å². The van der Waals surface area contributed by atoms with E-state index in [4.69, 9.17) is 34.8 Å². The smallest absolute Gasteiger partial charge is 0.0941 e. The van der Waals surface area contributed by atoms with Gasteiger partial charge in [0.25, 0.3) is 0 Å². The molecule has 0 fully saturated rings. The van der Waals surface area contributed by atoms with Gasteiger partial charge in [0.2, 0.25) is 0 Å². The molecule has 0 amide bonds. The summed E-state index contributed by atoms with van der Waals surface area (Å²) in [7, 11) is 0. The Labute approximate surface area is 88.7 Å². The molecular weight excluding hydrogens is 235 g/mol. The summed E-state index contributed by atoms with van der Waals surface area (Å²) in [6.45, 7) is 0. The summed E-state index contributed by atoms with van der Waals surface area (Å²) in [5.74, 6) is 0. The first-order chi connectivity index (χ1) is 5.66. The lowest BCUT2D eigenvalue weighted by molar-refractivity contribution is 1.84. The molecule has 62 valence electrons. The molecule has 0 radical (unpaired) electrons. The van der Waals surface area contributed by atoms with E-state index >= 15 is 0 Å². The maximum Gasteiger partial charge on any atom is 0.0941 e. The monoisotopic (exact) mass is 236 g/mol. The number of halogens is 3. The van der Waals surface area contributed by atoms with E-state index < -0.39 is 0 Å². The Kier molecular flexibility index (Phi) is 2.21. The summed E-state index contributed by atoms with van der Waals surface area (Å²) < 4.78 is 1.76. The Morgan fingerprint density at radius 1 is 1.00 bits per heavy atom. The van der Waals surface area contributed by atoms with Crippen LogP contribution in [0.2, 0.25) is 14.4 Å². The fourth-order valence-corrected chi connectivity index (χ4v) is 2.91. The van der Waals surface area contributed by atoms with Crippen molar-refractivity contribution in [3.63, 3.8) is 0 Å². The molecule has 0 spiro atoms. The summed E-state index contributed by atoms with van der Waals surface area (Å²) in [4.78, 5) is 0. The second kappa shape index (κ2) is 3.08. The molecule has 1 aromatic heterocycles.